The monoisotopic (exact) mass is 207 g/mol. The molecule has 0 spiro atoms. The lowest BCUT2D eigenvalue weighted by atomic mass is 9.85. The number of hydrogen-bond acceptors (Lipinski definition) is 3. The van der Waals surface area contributed by atoms with E-state index in [1.807, 2.05) is 35.4 Å². The van der Waals surface area contributed by atoms with Crippen LogP contribution in [0.3, 0.4) is 0 Å². The van der Waals surface area contributed by atoms with Gasteiger partial charge < -0.3 is 9.94 Å². The van der Waals surface area contributed by atoms with E-state index in [0.717, 1.165) is 31.5 Å². The van der Waals surface area contributed by atoms with Crippen molar-refractivity contribution >= 4 is 0 Å². The Balaban J connectivity index is 2.10. The molecule has 0 unspecified atom stereocenters. The first kappa shape index (κ1) is 10.6. The molecule has 0 radical (unpaired) electrons. The molecular weight excluding hydrogens is 190 g/mol. The maximum Gasteiger partial charge on any atom is 0.0922 e. The minimum atomic E-state index is -0.670. The van der Waals surface area contributed by atoms with Crippen molar-refractivity contribution in [3.8, 4) is 0 Å². The first-order valence-electron chi connectivity index (χ1n) is 5.31. The van der Waals surface area contributed by atoms with Gasteiger partial charge in [0.2, 0.25) is 0 Å². The predicted octanol–water partition coefficient (Wildman–Crippen LogP) is 1.53. The zero-order chi connectivity index (χ0) is 10.7. The van der Waals surface area contributed by atoms with Crippen molar-refractivity contribution in [3.63, 3.8) is 0 Å². The van der Waals surface area contributed by atoms with E-state index in [2.05, 4.69) is 0 Å². The molecule has 1 fully saturated rings. The highest BCUT2D eigenvalue weighted by atomic mass is 16.7. The minimum absolute atomic E-state index is 0.670. The third-order valence-corrected chi connectivity index (χ3v) is 3.12. The summed E-state index contributed by atoms with van der Waals surface area (Å²) in [6.45, 7) is 1.56. The van der Waals surface area contributed by atoms with E-state index in [-0.39, 0.29) is 0 Å². The van der Waals surface area contributed by atoms with Gasteiger partial charge in [-0.1, -0.05) is 30.3 Å². The maximum atomic E-state index is 10.5. The number of hydrogen-bond donors (Lipinski definition) is 1. The standard InChI is InChI=1S/C12H17NO2/c1-15-13-9-7-12(14,8-10-13)11-5-3-2-4-6-11/h2-6,14H,7-10H2,1H3. The first-order valence-corrected chi connectivity index (χ1v) is 5.31. The Labute approximate surface area is 90.2 Å². The van der Waals surface area contributed by atoms with Gasteiger partial charge in [-0.25, -0.2) is 0 Å². The van der Waals surface area contributed by atoms with Crippen LogP contribution < -0.4 is 0 Å². The van der Waals surface area contributed by atoms with Crippen molar-refractivity contribution in [1.82, 2.24) is 5.06 Å². The number of piperidine rings is 1. The molecule has 0 aliphatic carbocycles. The number of nitrogens with zero attached hydrogens (tertiary/aromatic N) is 1. The summed E-state index contributed by atoms with van der Waals surface area (Å²) in [5.41, 5.74) is 0.344. The third-order valence-electron chi connectivity index (χ3n) is 3.12. The molecule has 1 N–H and O–H groups in total. The molecule has 3 heteroatoms. The van der Waals surface area contributed by atoms with E-state index in [0.29, 0.717) is 0 Å². The Morgan fingerprint density at radius 3 is 2.33 bits per heavy atom. The van der Waals surface area contributed by atoms with Crippen LogP contribution in [0.1, 0.15) is 18.4 Å². The van der Waals surface area contributed by atoms with Crippen LogP contribution in [0.15, 0.2) is 30.3 Å². The van der Waals surface area contributed by atoms with Gasteiger partial charge in [0.05, 0.1) is 12.7 Å². The average molecular weight is 207 g/mol. The molecule has 1 aliphatic heterocycles. The summed E-state index contributed by atoms with van der Waals surface area (Å²) >= 11 is 0. The predicted molar refractivity (Wildman–Crippen MR) is 58.2 cm³/mol. The highest BCUT2D eigenvalue weighted by molar-refractivity contribution is 5.22. The lowest BCUT2D eigenvalue weighted by molar-refractivity contribution is -0.175. The van der Waals surface area contributed by atoms with Gasteiger partial charge in [-0.3, -0.25) is 0 Å². The van der Waals surface area contributed by atoms with Crippen LogP contribution >= 0.6 is 0 Å². The lowest BCUT2D eigenvalue weighted by Gasteiger charge is -2.37. The normalized spacial score (nSPS) is 21.5. The maximum absolute atomic E-state index is 10.5. The molecule has 2 rings (SSSR count). The molecule has 0 bridgehead atoms. The third kappa shape index (κ3) is 2.20. The van der Waals surface area contributed by atoms with Gasteiger partial charge in [0.15, 0.2) is 0 Å². The second kappa shape index (κ2) is 4.31. The Hall–Kier alpha value is -0.900. The fourth-order valence-electron chi connectivity index (χ4n) is 2.08. The quantitative estimate of drug-likeness (QED) is 0.798. The average Bonchev–Trinajstić information content (AvgIpc) is 2.31. The Bertz CT molecular complexity index is 305. The van der Waals surface area contributed by atoms with Crippen molar-refractivity contribution < 1.29 is 9.94 Å². The molecule has 1 heterocycles. The van der Waals surface area contributed by atoms with Crippen molar-refractivity contribution in [2.75, 3.05) is 20.2 Å². The summed E-state index contributed by atoms with van der Waals surface area (Å²) in [5.74, 6) is 0. The highest BCUT2D eigenvalue weighted by Gasteiger charge is 2.33. The molecule has 1 aliphatic rings. The molecule has 0 saturated carbocycles. The fraction of sp³-hybridized carbons (Fsp3) is 0.500. The lowest BCUT2D eigenvalue weighted by Crippen LogP contribution is -2.41. The van der Waals surface area contributed by atoms with Crippen LogP contribution in [0.2, 0.25) is 0 Å². The number of aliphatic hydroxyl groups is 1. The van der Waals surface area contributed by atoms with Gasteiger partial charge in [-0.2, -0.15) is 5.06 Å². The molecule has 82 valence electrons. The highest BCUT2D eigenvalue weighted by Crippen LogP contribution is 2.32. The summed E-state index contributed by atoms with van der Waals surface area (Å²) in [6.07, 6.45) is 1.45. The zero-order valence-corrected chi connectivity index (χ0v) is 9.02. The molecule has 1 aromatic rings. The Kier molecular flexibility index (Phi) is 3.05. The van der Waals surface area contributed by atoms with Gasteiger partial charge in [0, 0.05) is 13.1 Å². The molecular formula is C12H17NO2. The van der Waals surface area contributed by atoms with Crippen molar-refractivity contribution in [3.05, 3.63) is 35.9 Å². The summed E-state index contributed by atoms with van der Waals surface area (Å²) in [7, 11) is 1.67. The number of benzene rings is 1. The van der Waals surface area contributed by atoms with Crippen LogP contribution in [0.25, 0.3) is 0 Å². The second-order valence-corrected chi connectivity index (χ2v) is 4.01. The molecule has 3 nitrogen and oxygen atoms in total. The molecule has 15 heavy (non-hydrogen) atoms. The second-order valence-electron chi connectivity index (χ2n) is 4.01. The van der Waals surface area contributed by atoms with Gasteiger partial charge in [0.25, 0.3) is 0 Å². The Morgan fingerprint density at radius 1 is 1.20 bits per heavy atom. The summed E-state index contributed by atoms with van der Waals surface area (Å²) in [6, 6.07) is 9.88. The van der Waals surface area contributed by atoms with Crippen LogP contribution in [0, 0.1) is 0 Å². The van der Waals surface area contributed by atoms with Crippen molar-refractivity contribution in [2.45, 2.75) is 18.4 Å². The van der Waals surface area contributed by atoms with E-state index >= 15 is 0 Å². The number of hydroxylamine groups is 2. The van der Waals surface area contributed by atoms with Gasteiger partial charge in [-0.05, 0) is 18.4 Å². The molecule has 1 aromatic carbocycles. The Morgan fingerprint density at radius 2 is 1.80 bits per heavy atom. The number of rotatable bonds is 2. The minimum Gasteiger partial charge on any atom is -0.385 e. The van der Waals surface area contributed by atoms with Gasteiger partial charge in [0.1, 0.15) is 0 Å². The van der Waals surface area contributed by atoms with Crippen LogP contribution in [0.4, 0.5) is 0 Å². The van der Waals surface area contributed by atoms with Gasteiger partial charge in [-0.15, -0.1) is 0 Å². The largest absolute Gasteiger partial charge is 0.385 e. The summed E-state index contributed by atoms with van der Waals surface area (Å²) in [4.78, 5) is 5.14. The van der Waals surface area contributed by atoms with E-state index in [4.69, 9.17) is 4.84 Å². The molecule has 0 atom stereocenters. The van der Waals surface area contributed by atoms with E-state index in [9.17, 15) is 5.11 Å². The summed E-state index contributed by atoms with van der Waals surface area (Å²) in [5, 5.41) is 12.4. The van der Waals surface area contributed by atoms with Crippen LogP contribution in [0.5, 0.6) is 0 Å². The molecule has 0 amide bonds. The van der Waals surface area contributed by atoms with Crippen molar-refractivity contribution in [1.29, 1.82) is 0 Å². The first-order chi connectivity index (χ1) is 7.24. The van der Waals surface area contributed by atoms with E-state index < -0.39 is 5.60 Å². The van der Waals surface area contributed by atoms with Crippen LogP contribution in [-0.4, -0.2) is 30.4 Å². The van der Waals surface area contributed by atoms with Crippen molar-refractivity contribution in [2.24, 2.45) is 0 Å². The summed E-state index contributed by atoms with van der Waals surface area (Å²) < 4.78 is 0. The molecule has 1 saturated heterocycles. The van der Waals surface area contributed by atoms with Gasteiger partial charge >= 0.3 is 0 Å². The van der Waals surface area contributed by atoms with Crippen LogP contribution in [-0.2, 0) is 10.4 Å². The topological polar surface area (TPSA) is 32.7 Å². The fourth-order valence-corrected chi connectivity index (χ4v) is 2.08. The SMILES string of the molecule is CON1CCC(O)(c2ccccc2)CC1. The zero-order valence-electron chi connectivity index (χ0n) is 9.02. The smallest absolute Gasteiger partial charge is 0.0922 e. The van der Waals surface area contributed by atoms with E-state index in [1.165, 1.54) is 0 Å². The van der Waals surface area contributed by atoms with E-state index in [1.54, 1.807) is 7.11 Å². The molecule has 0 aromatic heterocycles.